The lowest BCUT2D eigenvalue weighted by Crippen LogP contribution is -2.54. The number of benzene rings is 1. The molecule has 3 aliphatic heterocycles. The number of carbonyl (C=O) groups is 1. The van der Waals surface area contributed by atoms with E-state index in [0.29, 0.717) is 25.2 Å². The van der Waals surface area contributed by atoms with Crippen LogP contribution in [-0.4, -0.2) is 96.3 Å². The molecule has 2 bridgehead atoms. The first-order valence-electron chi connectivity index (χ1n) is 15.6. The third-order valence-electron chi connectivity index (χ3n) is 9.35. The van der Waals surface area contributed by atoms with Crippen molar-refractivity contribution < 1.29 is 17.9 Å². The highest BCUT2D eigenvalue weighted by molar-refractivity contribution is 7.88. The van der Waals surface area contributed by atoms with Gasteiger partial charge in [0.15, 0.2) is 5.75 Å². The minimum absolute atomic E-state index is 0.0294. The SMILES string of the molecule is CCCN1CCC(N(CCN2[C@@H]3CC[C@H]2CC(NC(=O)Oc2cc4ccccc4n(C(C)C)c2=O)C3)S(C)(=O)=O)CC1. The summed E-state index contributed by atoms with van der Waals surface area (Å²) >= 11 is 0. The van der Waals surface area contributed by atoms with Crippen LogP contribution in [0.3, 0.4) is 0 Å². The molecule has 4 heterocycles. The van der Waals surface area contributed by atoms with Crippen LogP contribution in [0.5, 0.6) is 5.75 Å². The number of amides is 1. The van der Waals surface area contributed by atoms with Crippen LogP contribution in [0.4, 0.5) is 4.79 Å². The molecule has 1 amide bonds. The molecule has 11 heteroatoms. The van der Waals surface area contributed by atoms with Gasteiger partial charge in [0.1, 0.15) is 0 Å². The maximum atomic E-state index is 13.2. The Labute approximate surface area is 250 Å². The van der Waals surface area contributed by atoms with Crippen molar-refractivity contribution >= 4 is 27.0 Å². The zero-order chi connectivity index (χ0) is 30.0. The first kappa shape index (κ1) is 31.0. The molecule has 232 valence electrons. The summed E-state index contributed by atoms with van der Waals surface area (Å²) in [7, 11) is -3.30. The summed E-state index contributed by atoms with van der Waals surface area (Å²) < 4.78 is 34.5. The standard InChI is InChI=1S/C31H47N5O5S/c1-5-14-33-15-12-25(13-16-33)35(42(4,39)40)18-17-34-26-10-11-27(34)21-24(20-26)32-31(38)41-29-19-23-8-6-7-9-28(23)36(22(2)3)30(29)37/h6-9,19,22,24-27H,5,10-18,20-21H2,1-4H3,(H,32,38)/t24?,26-,27+. The summed E-state index contributed by atoms with van der Waals surface area (Å²) in [5.41, 5.74) is 0.491. The van der Waals surface area contributed by atoms with Crippen LogP contribution in [0.2, 0.25) is 0 Å². The molecule has 3 fully saturated rings. The third-order valence-corrected chi connectivity index (χ3v) is 10.7. The van der Waals surface area contributed by atoms with Gasteiger partial charge in [-0.1, -0.05) is 25.1 Å². The minimum Gasteiger partial charge on any atom is -0.404 e. The van der Waals surface area contributed by atoms with Crippen LogP contribution in [0.1, 0.15) is 71.8 Å². The molecular formula is C31H47N5O5S. The van der Waals surface area contributed by atoms with E-state index in [0.717, 1.165) is 75.5 Å². The molecule has 1 aromatic carbocycles. The molecule has 3 aliphatic rings. The second kappa shape index (κ2) is 13.0. The largest absolute Gasteiger partial charge is 0.413 e. The number of carbonyl (C=O) groups excluding carboxylic acids is 1. The molecule has 5 rings (SSSR count). The number of piperidine rings is 2. The molecule has 1 unspecified atom stereocenters. The van der Waals surface area contributed by atoms with Gasteiger partial charge in [0, 0.05) is 48.7 Å². The van der Waals surface area contributed by atoms with Crippen LogP contribution >= 0.6 is 0 Å². The maximum absolute atomic E-state index is 13.2. The van der Waals surface area contributed by atoms with Gasteiger partial charge in [-0.3, -0.25) is 9.69 Å². The number of pyridine rings is 1. The monoisotopic (exact) mass is 601 g/mol. The predicted octanol–water partition coefficient (Wildman–Crippen LogP) is 3.80. The zero-order valence-corrected chi connectivity index (χ0v) is 26.3. The fourth-order valence-corrected chi connectivity index (χ4v) is 8.65. The Kier molecular flexibility index (Phi) is 9.61. The molecule has 0 radical (unpaired) electrons. The highest BCUT2D eigenvalue weighted by Gasteiger charge is 2.42. The van der Waals surface area contributed by atoms with Crippen LogP contribution in [-0.2, 0) is 10.0 Å². The Morgan fingerprint density at radius 1 is 1.07 bits per heavy atom. The van der Waals surface area contributed by atoms with E-state index in [9.17, 15) is 18.0 Å². The Morgan fingerprint density at radius 2 is 1.74 bits per heavy atom. The van der Waals surface area contributed by atoms with Gasteiger partial charge in [0.05, 0.1) is 11.8 Å². The van der Waals surface area contributed by atoms with E-state index < -0.39 is 16.1 Å². The van der Waals surface area contributed by atoms with Gasteiger partial charge in [-0.15, -0.1) is 0 Å². The summed E-state index contributed by atoms with van der Waals surface area (Å²) in [6, 6.07) is 9.76. The zero-order valence-electron chi connectivity index (χ0n) is 25.5. The van der Waals surface area contributed by atoms with Gasteiger partial charge in [-0.05, 0) is 90.6 Å². The molecule has 3 saturated heterocycles. The van der Waals surface area contributed by atoms with Crippen LogP contribution < -0.4 is 15.6 Å². The summed E-state index contributed by atoms with van der Waals surface area (Å²) in [6.45, 7) is 10.2. The van der Waals surface area contributed by atoms with Crippen LogP contribution in [0.25, 0.3) is 10.9 Å². The Balaban J connectivity index is 1.18. The number of rotatable bonds is 10. The summed E-state index contributed by atoms with van der Waals surface area (Å²) in [4.78, 5) is 31.0. The Bertz CT molecular complexity index is 1400. The van der Waals surface area contributed by atoms with E-state index >= 15 is 0 Å². The number of nitrogens with zero attached hydrogens (tertiary/aromatic N) is 4. The van der Waals surface area contributed by atoms with Crippen molar-refractivity contribution in [2.24, 2.45) is 0 Å². The number of para-hydroxylation sites is 1. The van der Waals surface area contributed by atoms with Crippen molar-refractivity contribution in [2.45, 2.75) is 95.9 Å². The molecule has 3 atom stereocenters. The smallest absolute Gasteiger partial charge is 0.404 e. The van der Waals surface area contributed by atoms with Gasteiger partial charge in [-0.25, -0.2) is 13.2 Å². The molecule has 2 aromatic rings. The van der Waals surface area contributed by atoms with Gasteiger partial charge in [0.25, 0.3) is 5.56 Å². The van der Waals surface area contributed by atoms with Crippen LogP contribution in [0, 0.1) is 0 Å². The lowest BCUT2D eigenvalue weighted by atomic mass is 9.97. The van der Waals surface area contributed by atoms with Crippen molar-refractivity contribution in [1.29, 1.82) is 0 Å². The molecule has 10 nitrogen and oxygen atoms in total. The average molecular weight is 602 g/mol. The third kappa shape index (κ3) is 6.85. The highest BCUT2D eigenvalue weighted by atomic mass is 32.2. The van der Waals surface area contributed by atoms with E-state index in [1.165, 1.54) is 6.26 Å². The second-order valence-electron chi connectivity index (χ2n) is 12.6. The number of hydrogen-bond acceptors (Lipinski definition) is 7. The van der Waals surface area contributed by atoms with Gasteiger partial charge in [0.2, 0.25) is 10.0 Å². The van der Waals surface area contributed by atoms with Crippen molar-refractivity contribution in [3.05, 3.63) is 40.7 Å². The second-order valence-corrected chi connectivity index (χ2v) is 14.5. The fraction of sp³-hybridized carbons (Fsp3) is 0.677. The normalized spacial score (nSPS) is 24.1. The lowest BCUT2D eigenvalue weighted by molar-refractivity contribution is 0.0969. The van der Waals surface area contributed by atoms with E-state index in [2.05, 4.69) is 22.0 Å². The van der Waals surface area contributed by atoms with Gasteiger partial charge >= 0.3 is 6.09 Å². The molecule has 0 spiro atoms. The average Bonchev–Trinajstić information content (AvgIpc) is 3.16. The number of sulfonamides is 1. The summed E-state index contributed by atoms with van der Waals surface area (Å²) in [6.07, 6.45) is 7.27. The quantitative estimate of drug-likeness (QED) is 0.442. The first-order valence-corrected chi connectivity index (χ1v) is 17.5. The number of nitrogens with one attached hydrogen (secondary N) is 1. The number of likely N-dealkylation sites (tertiary alicyclic amines) is 1. The Hall–Kier alpha value is -2.47. The summed E-state index contributed by atoms with van der Waals surface area (Å²) in [5, 5.41) is 3.86. The van der Waals surface area contributed by atoms with Crippen molar-refractivity contribution in [1.82, 2.24) is 24.0 Å². The first-order chi connectivity index (χ1) is 20.0. The van der Waals surface area contributed by atoms with Crippen molar-refractivity contribution in [3.8, 4) is 5.75 Å². The Morgan fingerprint density at radius 3 is 2.36 bits per heavy atom. The van der Waals surface area contributed by atoms with Gasteiger partial charge in [-0.2, -0.15) is 4.31 Å². The topological polar surface area (TPSA) is 104 Å². The number of fused-ring (bicyclic) bond motifs is 3. The molecule has 1 aromatic heterocycles. The summed E-state index contributed by atoms with van der Waals surface area (Å²) in [5.74, 6) is 0.0294. The van der Waals surface area contributed by atoms with E-state index in [1.54, 1.807) is 14.9 Å². The van der Waals surface area contributed by atoms with E-state index in [4.69, 9.17) is 4.74 Å². The van der Waals surface area contributed by atoms with E-state index in [1.807, 2.05) is 38.1 Å². The lowest BCUT2D eigenvalue weighted by Gasteiger charge is -2.41. The molecule has 42 heavy (non-hydrogen) atoms. The maximum Gasteiger partial charge on any atom is 0.413 e. The van der Waals surface area contributed by atoms with Crippen molar-refractivity contribution in [2.75, 3.05) is 39.0 Å². The molecule has 0 saturated carbocycles. The van der Waals surface area contributed by atoms with E-state index in [-0.39, 0.29) is 29.4 Å². The van der Waals surface area contributed by atoms with Gasteiger partial charge < -0.3 is 19.5 Å². The minimum atomic E-state index is -3.30. The number of hydrogen-bond donors (Lipinski definition) is 1. The number of ether oxygens (including phenoxy) is 1. The highest BCUT2D eigenvalue weighted by Crippen LogP contribution is 2.36. The predicted molar refractivity (Wildman–Crippen MR) is 166 cm³/mol. The molecular weight excluding hydrogens is 554 g/mol. The number of aromatic nitrogens is 1. The molecule has 0 aliphatic carbocycles. The fourth-order valence-electron chi connectivity index (χ4n) is 7.48. The van der Waals surface area contributed by atoms with Crippen LogP contribution in [0.15, 0.2) is 35.1 Å². The van der Waals surface area contributed by atoms with Crippen molar-refractivity contribution in [3.63, 3.8) is 0 Å². The molecule has 1 N–H and O–H groups in total.